The lowest BCUT2D eigenvalue weighted by atomic mass is 10.2. The van der Waals surface area contributed by atoms with Crippen LogP contribution in [0.1, 0.15) is 15.9 Å². The Morgan fingerprint density at radius 3 is 2.40 bits per heavy atom. The molecule has 1 amide bonds. The zero-order valence-corrected chi connectivity index (χ0v) is 19.7. The molecule has 0 aromatic heterocycles. The molecule has 3 aromatic rings. The second-order valence-corrected chi connectivity index (χ2v) is 9.18. The second-order valence-electron chi connectivity index (χ2n) is 7.53. The number of rotatable bonds is 8. The van der Waals surface area contributed by atoms with Crippen molar-refractivity contribution in [3.63, 3.8) is 0 Å². The van der Waals surface area contributed by atoms with Gasteiger partial charge in [0.25, 0.3) is 15.9 Å². The molecule has 0 spiro atoms. The number of benzene rings is 3. The van der Waals surface area contributed by atoms with Crippen LogP contribution in [0.2, 0.25) is 0 Å². The molecule has 182 valence electrons. The SMILES string of the molecule is COc1ccc(C(=O)OCC(=O)Nc2ccc3c(c2)OCO3)cc1S(=O)(=O)Nc1ccc(C)cc1. The van der Waals surface area contributed by atoms with Crippen molar-refractivity contribution in [1.29, 1.82) is 0 Å². The number of esters is 1. The summed E-state index contributed by atoms with van der Waals surface area (Å²) in [5.41, 5.74) is 1.70. The Morgan fingerprint density at radius 2 is 1.66 bits per heavy atom. The summed E-state index contributed by atoms with van der Waals surface area (Å²) in [7, 11) is -2.77. The average Bonchev–Trinajstić information content (AvgIpc) is 3.31. The van der Waals surface area contributed by atoms with Gasteiger partial charge in [-0.1, -0.05) is 17.7 Å². The first-order valence-corrected chi connectivity index (χ1v) is 11.9. The topological polar surface area (TPSA) is 129 Å². The van der Waals surface area contributed by atoms with Gasteiger partial charge in [-0.25, -0.2) is 13.2 Å². The van der Waals surface area contributed by atoms with E-state index in [-0.39, 0.29) is 23.0 Å². The Balaban J connectivity index is 1.43. The minimum absolute atomic E-state index is 0.0433. The maximum Gasteiger partial charge on any atom is 0.338 e. The zero-order valence-electron chi connectivity index (χ0n) is 18.9. The number of ether oxygens (including phenoxy) is 4. The monoisotopic (exact) mass is 498 g/mol. The molecule has 0 saturated heterocycles. The van der Waals surface area contributed by atoms with Crippen molar-refractivity contribution < 1.29 is 37.0 Å². The van der Waals surface area contributed by atoms with Crippen LogP contribution >= 0.6 is 0 Å². The largest absolute Gasteiger partial charge is 0.495 e. The zero-order chi connectivity index (χ0) is 25.0. The van der Waals surface area contributed by atoms with Crippen LogP contribution in [0.4, 0.5) is 11.4 Å². The van der Waals surface area contributed by atoms with Crippen LogP contribution in [0.3, 0.4) is 0 Å². The lowest BCUT2D eigenvalue weighted by Crippen LogP contribution is -2.21. The van der Waals surface area contributed by atoms with Gasteiger partial charge in [-0.05, 0) is 49.4 Å². The molecule has 3 aromatic carbocycles. The highest BCUT2D eigenvalue weighted by molar-refractivity contribution is 7.92. The summed E-state index contributed by atoms with van der Waals surface area (Å²) in [6.07, 6.45) is 0. The van der Waals surface area contributed by atoms with Crippen LogP contribution in [-0.2, 0) is 19.6 Å². The molecule has 0 fully saturated rings. The summed E-state index contributed by atoms with van der Waals surface area (Å²) in [5, 5.41) is 2.59. The van der Waals surface area contributed by atoms with Crippen molar-refractivity contribution >= 4 is 33.3 Å². The number of carbonyl (C=O) groups excluding carboxylic acids is 2. The lowest BCUT2D eigenvalue weighted by molar-refractivity contribution is -0.119. The van der Waals surface area contributed by atoms with Gasteiger partial charge in [0, 0.05) is 17.4 Å². The van der Waals surface area contributed by atoms with Gasteiger partial charge in [-0.2, -0.15) is 0 Å². The number of sulfonamides is 1. The number of methoxy groups -OCH3 is 1. The fraction of sp³-hybridized carbons (Fsp3) is 0.167. The maximum atomic E-state index is 13.0. The number of aryl methyl sites for hydroxylation is 1. The molecule has 0 bridgehead atoms. The van der Waals surface area contributed by atoms with Crippen molar-refractivity contribution in [2.75, 3.05) is 30.5 Å². The van der Waals surface area contributed by atoms with Gasteiger partial charge in [0.05, 0.1) is 12.7 Å². The third-order valence-corrected chi connectivity index (χ3v) is 6.39. The van der Waals surface area contributed by atoms with Crippen molar-refractivity contribution in [2.45, 2.75) is 11.8 Å². The summed E-state index contributed by atoms with van der Waals surface area (Å²) in [5.74, 6) is -0.357. The molecule has 11 heteroatoms. The van der Waals surface area contributed by atoms with E-state index in [1.807, 2.05) is 6.92 Å². The number of anilines is 2. The molecular weight excluding hydrogens is 476 g/mol. The summed E-state index contributed by atoms with van der Waals surface area (Å²) in [6.45, 7) is 1.40. The van der Waals surface area contributed by atoms with Crippen molar-refractivity contribution in [3.05, 3.63) is 71.8 Å². The van der Waals surface area contributed by atoms with E-state index in [1.54, 1.807) is 42.5 Å². The quantitative estimate of drug-likeness (QED) is 0.453. The fourth-order valence-electron chi connectivity index (χ4n) is 3.23. The van der Waals surface area contributed by atoms with Crippen LogP contribution < -0.4 is 24.2 Å². The minimum atomic E-state index is -4.09. The standard InChI is InChI=1S/C24H22N2O8S/c1-15-3-6-17(7-4-15)26-35(29,30)22-11-16(5-9-20(22)31-2)24(28)32-13-23(27)25-18-8-10-19-21(12-18)34-14-33-19/h3-12,26H,13-14H2,1-2H3,(H,25,27). The number of carbonyl (C=O) groups is 2. The second kappa shape index (κ2) is 9.94. The van der Waals surface area contributed by atoms with Crippen LogP contribution in [0, 0.1) is 6.92 Å². The predicted octanol–water partition coefficient (Wildman–Crippen LogP) is 3.33. The van der Waals surface area contributed by atoms with E-state index in [2.05, 4.69) is 10.0 Å². The fourth-order valence-corrected chi connectivity index (χ4v) is 4.49. The predicted molar refractivity (Wildman–Crippen MR) is 126 cm³/mol. The van der Waals surface area contributed by atoms with Gasteiger partial charge in [-0.15, -0.1) is 0 Å². The molecule has 35 heavy (non-hydrogen) atoms. The molecule has 0 radical (unpaired) electrons. The Hall–Kier alpha value is -4.25. The molecule has 0 aliphatic carbocycles. The van der Waals surface area contributed by atoms with Gasteiger partial charge in [0.15, 0.2) is 18.1 Å². The molecule has 1 aliphatic heterocycles. The lowest BCUT2D eigenvalue weighted by Gasteiger charge is -2.13. The van der Waals surface area contributed by atoms with Gasteiger partial charge in [0.1, 0.15) is 10.6 Å². The summed E-state index contributed by atoms with van der Waals surface area (Å²) in [6, 6.07) is 15.4. The van der Waals surface area contributed by atoms with Gasteiger partial charge >= 0.3 is 5.97 Å². The maximum absolute atomic E-state index is 13.0. The van der Waals surface area contributed by atoms with Gasteiger partial charge in [-0.3, -0.25) is 9.52 Å². The minimum Gasteiger partial charge on any atom is -0.495 e. The Morgan fingerprint density at radius 1 is 0.943 bits per heavy atom. The third kappa shape index (κ3) is 5.64. The number of hydrogen-bond acceptors (Lipinski definition) is 8. The molecule has 0 unspecified atom stereocenters. The van der Waals surface area contributed by atoms with Crippen LogP contribution in [0.5, 0.6) is 17.2 Å². The van der Waals surface area contributed by atoms with E-state index in [4.69, 9.17) is 18.9 Å². The summed E-state index contributed by atoms with van der Waals surface area (Å²) in [4.78, 5) is 24.5. The Kier molecular flexibility index (Phi) is 6.78. The number of hydrogen-bond donors (Lipinski definition) is 2. The van der Waals surface area contributed by atoms with E-state index >= 15 is 0 Å². The number of nitrogens with one attached hydrogen (secondary N) is 2. The smallest absolute Gasteiger partial charge is 0.338 e. The van der Waals surface area contributed by atoms with E-state index < -0.39 is 28.5 Å². The molecular formula is C24H22N2O8S. The van der Waals surface area contributed by atoms with Crippen molar-refractivity contribution in [3.8, 4) is 17.2 Å². The molecule has 10 nitrogen and oxygen atoms in total. The first-order chi connectivity index (χ1) is 16.7. The first-order valence-electron chi connectivity index (χ1n) is 10.4. The highest BCUT2D eigenvalue weighted by Crippen LogP contribution is 2.34. The van der Waals surface area contributed by atoms with E-state index in [0.717, 1.165) is 11.6 Å². The van der Waals surface area contributed by atoms with Crippen LogP contribution in [0.15, 0.2) is 65.6 Å². The Bertz CT molecular complexity index is 1370. The first kappa shape index (κ1) is 23.9. The summed E-state index contributed by atoms with van der Waals surface area (Å²) >= 11 is 0. The molecule has 2 N–H and O–H groups in total. The number of fused-ring (bicyclic) bond motifs is 1. The number of amides is 1. The highest BCUT2D eigenvalue weighted by Gasteiger charge is 2.23. The molecule has 0 saturated carbocycles. The van der Waals surface area contributed by atoms with Crippen LogP contribution in [-0.4, -0.2) is 40.8 Å². The summed E-state index contributed by atoms with van der Waals surface area (Å²) < 4.78 is 49.1. The average molecular weight is 499 g/mol. The van der Waals surface area contributed by atoms with Crippen LogP contribution in [0.25, 0.3) is 0 Å². The third-order valence-electron chi connectivity index (χ3n) is 4.98. The van der Waals surface area contributed by atoms with Crippen molar-refractivity contribution in [1.82, 2.24) is 0 Å². The molecule has 1 aliphatic rings. The van der Waals surface area contributed by atoms with Crippen molar-refractivity contribution in [2.24, 2.45) is 0 Å². The normalized spacial score (nSPS) is 12.1. The molecule has 0 atom stereocenters. The van der Waals surface area contributed by atoms with Gasteiger partial charge < -0.3 is 24.3 Å². The Labute approximate surface area is 201 Å². The highest BCUT2D eigenvalue weighted by atomic mass is 32.2. The van der Waals surface area contributed by atoms with E-state index in [1.165, 1.54) is 19.2 Å². The van der Waals surface area contributed by atoms with E-state index in [9.17, 15) is 18.0 Å². The van der Waals surface area contributed by atoms with E-state index in [0.29, 0.717) is 22.9 Å². The molecule has 1 heterocycles. The van der Waals surface area contributed by atoms with Gasteiger partial charge in [0.2, 0.25) is 6.79 Å². The molecule has 4 rings (SSSR count).